The van der Waals surface area contributed by atoms with Crippen LogP contribution in [0, 0.1) is 5.92 Å². The Morgan fingerprint density at radius 1 is 1.54 bits per heavy atom. The molecule has 0 saturated carbocycles. The van der Waals surface area contributed by atoms with Gasteiger partial charge >= 0.3 is 0 Å². The highest BCUT2D eigenvalue weighted by molar-refractivity contribution is 7.98. The minimum Gasteiger partial charge on any atom is -0.354 e. The van der Waals surface area contributed by atoms with Crippen LogP contribution < -0.4 is 10.9 Å². The molecule has 1 amide bonds. The van der Waals surface area contributed by atoms with Crippen LogP contribution in [0.4, 0.5) is 4.48 Å². The van der Waals surface area contributed by atoms with Gasteiger partial charge in [0.15, 0.2) is 0 Å². The van der Waals surface area contributed by atoms with Crippen LogP contribution >= 0.6 is 11.8 Å². The van der Waals surface area contributed by atoms with Gasteiger partial charge in [0.05, 0.1) is 0 Å². The van der Waals surface area contributed by atoms with E-state index in [0.717, 1.165) is 5.75 Å². The second kappa shape index (κ2) is 7.15. The summed E-state index contributed by atoms with van der Waals surface area (Å²) in [6.45, 7) is 4.18. The topological polar surface area (TPSA) is 41.1 Å². The highest BCUT2D eigenvalue weighted by atomic mass is 32.2. The molecule has 0 aromatic heterocycles. The smallest absolute Gasteiger partial charge is 0.240 e. The van der Waals surface area contributed by atoms with Gasteiger partial charge in [0.2, 0.25) is 5.91 Å². The predicted octanol–water partition coefficient (Wildman–Crippen LogP) is 0.964. The van der Waals surface area contributed by atoms with E-state index in [0.29, 0.717) is 6.54 Å². The number of carbonyl (C=O) groups is 1. The third-order valence-electron chi connectivity index (χ3n) is 1.67. The Balaban J connectivity index is 3.78. The summed E-state index contributed by atoms with van der Waals surface area (Å²) in [5.74, 6) is 0.536. The normalized spacial score (nSPS) is 13.0. The summed E-state index contributed by atoms with van der Waals surface area (Å²) >= 11 is 1.64. The summed E-state index contributed by atoms with van der Waals surface area (Å²) in [4.78, 5) is 11.3. The number of nitrogens with one attached hydrogen (secondary N) is 2. The summed E-state index contributed by atoms with van der Waals surface area (Å²) in [6.07, 6.45) is 1.96. The van der Waals surface area contributed by atoms with Gasteiger partial charge in [-0.2, -0.15) is 11.8 Å². The third kappa shape index (κ3) is 5.10. The quantitative estimate of drug-likeness (QED) is 0.505. The summed E-state index contributed by atoms with van der Waals surface area (Å²) in [5, 5.41) is 2.65. The highest BCUT2D eigenvalue weighted by Crippen LogP contribution is 2.01. The fourth-order valence-corrected chi connectivity index (χ4v) is 1.17. The zero-order valence-electron chi connectivity index (χ0n) is 8.26. The van der Waals surface area contributed by atoms with Gasteiger partial charge in [-0.3, -0.25) is 4.79 Å². The number of hydrogen-bond acceptors (Lipinski definition) is 3. The molecule has 1 atom stereocenters. The third-order valence-corrected chi connectivity index (χ3v) is 2.28. The average Bonchev–Trinajstić information content (AvgIpc) is 2.05. The average molecular weight is 208 g/mol. The SMILES string of the molecule is CSCCNC(=O)[C@@H](NF)C(C)C. The second-order valence-electron chi connectivity index (χ2n) is 3.11. The van der Waals surface area contributed by atoms with E-state index in [-0.39, 0.29) is 11.8 Å². The standard InChI is InChI=1S/C8H17FN2OS/c1-6(2)7(11-9)8(12)10-4-5-13-3/h6-7,11H,4-5H2,1-3H3,(H,10,12)/t7-/m0/s1. The van der Waals surface area contributed by atoms with Crippen LogP contribution in [0.2, 0.25) is 0 Å². The molecule has 0 radical (unpaired) electrons. The Bertz CT molecular complexity index is 155. The molecule has 0 aromatic rings. The van der Waals surface area contributed by atoms with Crippen molar-refractivity contribution in [1.82, 2.24) is 10.9 Å². The molecule has 13 heavy (non-hydrogen) atoms. The maximum Gasteiger partial charge on any atom is 0.240 e. The zero-order valence-corrected chi connectivity index (χ0v) is 9.08. The molecule has 0 aliphatic rings. The fraction of sp³-hybridized carbons (Fsp3) is 0.875. The van der Waals surface area contributed by atoms with Crippen molar-refractivity contribution in [1.29, 1.82) is 0 Å². The van der Waals surface area contributed by atoms with Gasteiger partial charge in [-0.25, -0.2) is 0 Å². The number of halogens is 1. The van der Waals surface area contributed by atoms with E-state index in [1.165, 1.54) is 5.54 Å². The summed E-state index contributed by atoms with van der Waals surface area (Å²) in [6, 6.07) is -0.734. The van der Waals surface area contributed by atoms with Crippen molar-refractivity contribution in [3.05, 3.63) is 0 Å². The molecule has 0 rings (SSSR count). The van der Waals surface area contributed by atoms with Crippen LogP contribution in [-0.2, 0) is 4.79 Å². The molecule has 0 fully saturated rings. The van der Waals surface area contributed by atoms with E-state index in [1.807, 2.05) is 6.26 Å². The Morgan fingerprint density at radius 2 is 2.15 bits per heavy atom. The van der Waals surface area contributed by atoms with Crippen LogP contribution in [0.5, 0.6) is 0 Å². The van der Waals surface area contributed by atoms with Crippen LogP contribution in [-0.4, -0.2) is 30.5 Å². The van der Waals surface area contributed by atoms with E-state index < -0.39 is 6.04 Å². The van der Waals surface area contributed by atoms with E-state index in [1.54, 1.807) is 25.6 Å². The number of carbonyl (C=O) groups excluding carboxylic acids is 1. The van der Waals surface area contributed by atoms with Gasteiger partial charge in [-0.1, -0.05) is 13.8 Å². The lowest BCUT2D eigenvalue weighted by atomic mass is 10.1. The Hall–Kier alpha value is -0.290. The number of thioether (sulfide) groups is 1. The largest absolute Gasteiger partial charge is 0.354 e. The van der Waals surface area contributed by atoms with E-state index in [2.05, 4.69) is 5.32 Å². The molecular formula is C8H17FN2OS. The fourth-order valence-electron chi connectivity index (χ4n) is 0.865. The zero-order chi connectivity index (χ0) is 10.3. The summed E-state index contributed by atoms with van der Waals surface area (Å²) in [7, 11) is 0. The van der Waals surface area contributed by atoms with Crippen molar-refractivity contribution in [3.8, 4) is 0 Å². The van der Waals surface area contributed by atoms with E-state index >= 15 is 0 Å². The molecule has 0 spiro atoms. The number of amides is 1. The van der Waals surface area contributed by atoms with Gasteiger partial charge in [0, 0.05) is 12.3 Å². The van der Waals surface area contributed by atoms with Crippen molar-refractivity contribution >= 4 is 17.7 Å². The van der Waals surface area contributed by atoms with Gasteiger partial charge in [-0.15, -0.1) is 10.0 Å². The Morgan fingerprint density at radius 3 is 2.54 bits per heavy atom. The minimum atomic E-state index is -0.734. The monoisotopic (exact) mass is 208 g/mol. The van der Waals surface area contributed by atoms with Crippen molar-refractivity contribution in [3.63, 3.8) is 0 Å². The Kier molecular flexibility index (Phi) is 6.99. The lowest BCUT2D eigenvalue weighted by Crippen LogP contribution is -2.45. The van der Waals surface area contributed by atoms with Crippen LogP contribution in [0.1, 0.15) is 13.8 Å². The molecule has 78 valence electrons. The summed E-state index contributed by atoms with van der Waals surface area (Å²) < 4.78 is 12.2. The molecule has 0 bridgehead atoms. The Labute approximate surface area is 82.8 Å². The van der Waals surface area contributed by atoms with Gasteiger partial charge in [0.25, 0.3) is 0 Å². The van der Waals surface area contributed by atoms with Gasteiger partial charge < -0.3 is 5.32 Å². The highest BCUT2D eigenvalue weighted by Gasteiger charge is 2.20. The lowest BCUT2D eigenvalue weighted by molar-refractivity contribution is -0.125. The predicted molar refractivity (Wildman–Crippen MR) is 54.3 cm³/mol. The van der Waals surface area contributed by atoms with Crippen LogP contribution in [0.15, 0.2) is 0 Å². The first-order chi connectivity index (χ1) is 6.13. The molecule has 0 aromatic carbocycles. The van der Waals surface area contributed by atoms with Crippen molar-refractivity contribution in [2.75, 3.05) is 18.6 Å². The molecule has 0 unspecified atom stereocenters. The van der Waals surface area contributed by atoms with E-state index in [9.17, 15) is 9.28 Å². The molecule has 0 saturated heterocycles. The molecule has 0 heterocycles. The lowest BCUT2D eigenvalue weighted by Gasteiger charge is -2.16. The second-order valence-corrected chi connectivity index (χ2v) is 4.10. The maximum absolute atomic E-state index is 12.2. The van der Waals surface area contributed by atoms with E-state index in [4.69, 9.17) is 0 Å². The first-order valence-electron chi connectivity index (χ1n) is 4.26. The maximum atomic E-state index is 12.2. The van der Waals surface area contributed by atoms with Crippen LogP contribution in [0.3, 0.4) is 0 Å². The number of rotatable bonds is 6. The molecular weight excluding hydrogens is 191 g/mol. The van der Waals surface area contributed by atoms with Crippen molar-refractivity contribution in [2.45, 2.75) is 19.9 Å². The summed E-state index contributed by atoms with van der Waals surface area (Å²) in [5.41, 5.74) is 1.51. The van der Waals surface area contributed by atoms with Gasteiger partial charge in [0.1, 0.15) is 6.04 Å². The van der Waals surface area contributed by atoms with Crippen molar-refractivity contribution in [2.24, 2.45) is 5.92 Å². The first-order valence-corrected chi connectivity index (χ1v) is 5.65. The van der Waals surface area contributed by atoms with Crippen molar-refractivity contribution < 1.29 is 9.28 Å². The molecule has 5 heteroatoms. The molecule has 0 aliphatic carbocycles. The minimum absolute atomic E-state index is 0.0423. The molecule has 0 aliphatic heterocycles. The number of hydrogen-bond donors (Lipinski definition) is 2. The van der Waals surface area contributed by atoms with Gasteiger partial charge in [-0.05, 0) is 12.2 Å². The first kappa shape index (κ1) is 12.7. The molecule has 3 nitrogen and oxygen atoms in total. The molecule has 2 N–H and O–H groups in total. The van der Waals surface area contributed by atoms with Crippen LogP contribution in [0.25, 0.3) is 0 Å².